The molecule has 39 heavy (non-hydrogen) atoms. The molecule has 0 spiro atoms. The lowest BCUT2D eigenvalue weighted by Crippen LogP contribution is -2.49. The van der Waals surface area contributed by atoms with Gasteiger partial charge in [0.25, 0.3) is 5.69 Å². The van der Waals surface area contributed by atoms with E-state index in [2.05, 4.69) is 15.1 Å². The standard InChI is InChI=1S/C29H34F2N4O3.ClH/c30-24-7-3-22(4-8-24)29(23-5-9-25(31)10-6-23)2-1-15-33-16-18-34(19-17-33)21-28(36)20-32-26-11-13-27(14-12-26)35(37)38;/h3-14,28-29,32,36H,1-2,15-21H2;1H. The van der Waals surface area contributed by atoms with Crippen molar-refractivity contribution in [2.45, 2.75) is 24.9 Å². The predicted octanol–water partition coefficient (Wildman–Crippen LogP) is 5.30. The molecule has 0 aromatic heterocycles. The number of benzene rings is 3. The third-order valence-corrected chi connectivity index (χ3v) is 7.07. The molecule has 0 aliphatic carbocycles. The number of hydrogen-bond donors (Lipinski definition) is 2. The highest BCUT2D eigenvalue weighted by Crippen LogP contribution is 2.30. The van der Waals surface area contributed by atoms with Crippen molar-refractivity contribution >= 4 is 23.8 Å². The molecule has 7 nitrogen and oxygen atoms in total. The number of nitro benzene ring substituents is 1. The number of aliphatic hydroxyl groups excluding tert-OH is 1. The number of nitrogens with zero attached hydrogens (tertiary/aromatic N) is 3. The fraction of sp³-hybridized carbons (Fsp3) is 0.379. The maximum Gasteiger partial charge on any atom is 0.269 e. The third-order valence-electron chi connectivity index (χ3n) is 7.07. The zero-order chi connectivity index (χ0) is 26.9. The summed E-state index contributed by atoms with van der Waals surface area (Å²) in [6, 6.07) is 19.3. The highest BCUT2D eigenvalue weighted by Gasteiger charge is 2.20. The number of nitrogens with one attached hydrogen (secondary N) is 1. The smallest absolute Gasteiger partial charge is 0.269 e. The number of hydrogen-bond acceptors (Lipinski definition) is 6. The number of piperazine rings is 1. The van der Waals surface area contributed by atoms with E-state index in [1.807, 2.05) is 24.3 Å². The van der Waals surface area contributed by atoms with Crippen molar-refractivity contribution in [2.75, 3.05) is 51.1 Å². The average Bonchev–Trinajstić information content (AvgIpc) is 2.92. The number of rotatable bonds is 12. The zero-order valence-electron chi connectivity index (χ0n) is 21.7. The van der Waals surface area contributed by atoms with Crippen LogP contribution in [0.3, 0.4) is 0 Å². The molecule has 210 valence electrons. The first-order valence-corrected chi connectivity index (χ1v) is 13.0. The second-order valence-electron chi connectivity index (χ2n) is 9.78. The zero-order valence-corrected chi connectivity index (χ0v) is 22.5. The van der Waals surface area contributed by atoms with E-state index in [1.54, 1.807) is 12.1 Å². The summed E-state index contributed by atoms with van der Waals surface area (Å²) >= 11 is 0. The molecule has 0 amide bonds. The molecular weight excluding hydrogens is 526 g/mol. The number of aliphatic hydroxyl groups is 1. The fourth-order valence-corrected chi connectivity index (χ4v) is 4.93. The minimum atomic E-state index is -0.552. The van der Waals surface area contributed by atoms with Crippen molar-refractivity contribution < 1.29 is 18.8 Å². The van der Waals surface area contributed by atoms with E-state index in [9.17, 15) is 24.0 Å². The van der Waals surface area contributed by atoms with E-state index >= 15 is 0 Å². The lowest BCUT2D eigenvalue weighted by atomic mass is 9.87. The highest BCUT2D eigenvalue weighted by atomic mass is 35.5. The van der Waals surface area contributed by atoms with Gasteiger partial charge < -0.3 is 15.3 Å². The molecule has 2 N–H and O–H groups in total. The van der Waals surface area contributed by atoms with Crippen LogP contribution in [0.5, 0.6) is 0 Å². The van der Waals surface area contributed by atoms with Crippen LogP contribution in [-0.2, 0) is 0 Å². The Morgan fingerprint density at radius 3 is 1.87 bits per heavy atom. The molecule has 0 saturated carbocycles. The van der Waals surface area contributed by atoms with Gasteiger partial charge in [0.05, 0.1) is 11.0 Å². The van der Waals surface area contributed by atoms with Crippen LogP contribution in [0.25, 0.3) is 0 Å². The molecule has 1 unspecified atom stereocenters. The Bertz CT molecular complexity index is 1110. The number of nitro groups is 1. The quantitative estimate of drug-likeness (QED) is 0.231. The molecule has 1 heterocycles. The maximum atomic E-state index is 13.5. The van der Waals surface area contributed by atoms with E-state index < -0.39 is 11.0 Å². The molecule has 3 aromatic rings. The monoisotopic (exact) mass is 560 g/mol. The van der Waals surface area contributed by atoms with Crippen LogP contribution >= 0.6 is 12.4 Å². The molecule has 0 bridgehead atoms. The number of non-ortho nitro benzene ring substituents is 1. The molecule has 1 atom stereocenters. The van der Waals surface area contributed by atoms with E-state index in [1.165, 1.54) is 36.4 Å². The molecule has 4 rings (SSSR count). The van der Waals surface area contributed by atoms with Gasteiger partial charge in [0, 0.05) is 63.0 Å². The second-order valence-corrected chi connectivity index (χ2v) is 9.78. The van der Waals surface area contributed by atoms with Crippen molar-refractivity contribution in [1.29, 1.82) is 0 Å². The summed E-state index contributed by atoms with van der Waals surface area (Å²) < 4.78 is 26.9. The Labute approximate surface area is 234 Å². The minimum absolute atomic E-state index is 0. The van der Waals surface area contributed by atoms with Crippen LogP contribution in [0.4, 0.5) is 20.2 Å². The highest BCUT2D eigenvalue weighted by molar-refractivity contribution is 5.85. The van der Waals surface area contributed by atoms with Gasteiger partial charge in [-0.3, -0.25) is 15.0 Å². The molecular formula is C29H35ClF2N4O3. The lowest BCUT2D eigenvalue weighted by Gasteiger charge is -2.36. The Morgan fingerprint density at radius 1 is 0.846 bits per heavy atom. The van der Waals surface area contributed by atoms with Gasteiger partial charge in [0.2, 0.25) is 0 Å². The molecule has 0 radical (unpaired) electrons. The first-order valence-electron chi connectivity index (χ1n) is 13.0. The molecule has 1 aliphatic rings. The van der Waals surface area contributed by atoms with Crippen LogP contribution in [0.15, 0.2) is 72.8 Å². The molecule has 10 heteroatoms. The lowest BCUT2D eigenvalue weighted by molar-refractivity contribution is -0.384. The first kappa shape index (κ1) is 30.4. The fourth-order valence-electron chi connectivity index (χ4n) is 4.93. The van der Waals surface area contributed by atoms with Gasteiger partial charge in [0.15, 0.2) is 0 Å². The largest absolute Gasteiger partial charge is 0.390 e. The Hall–Kier alpha value is -3.11. The van der Waals surface area contributed by atoms with Crippen molar-refractivity contribution in [3.8, 4) is 0 Å². The van der Waals surface area contributed by atoms with E-state index in [4.69, 9.17) is 0 Å². The van der Waals surface area contributed by atoms with Crippen LogP contribution in [0, 0.1) is 21.7 Å². The maximum absolute atomic E-state index is 13.5. The Kier molecular flexibility index (Phi) is 11.6. The van der Waals surface area contributed by atoms with Crippen LogP contribution in [0.1, 0.15) is 29.9 Å². The third kappa shape index (κ3) is 9.25. The van der Waals surface area contributed by atoms with Gasteiger partial charge in [-0.25, -0.2) is 8.78 Å². The second kappa shape index (κ2) is 14.9. The van der Waals surface area contributed by atoms with Gasteiger partial charge in [-0.2, -0.15) is 0 Å². The van der Waals surface area contributed by atoms with Gasteiger partial charge >= 0.3 is 0 Å². The number of anilines is 1. The van der Waals surface area contributed by atoms with Gasteiger partial charge in [-0.1, -0.05) is 24.3 Å². The number of β-amino-alcohol motifs (C(OH)–C–C–N with tert-alkyl or cyclic N) is 1. The van der Waals surface area contributed by atoms with E-state index in [0.717, 1.165) is 62.4 Å². The molecule has 3 aromatic carbocycles. The summed E-state index contributed by atoms with van der Waals surface area (Å²) in [5.74, 6) is -0.454. The van der Waals surface area contributed by atoms with Crippen LogP contribution < -0.4 is 5.32 Å². The first-order chi connectivity index (χ1) is 18.4. The SMILES string of the molecule is Cl.O=[N+]([O-])c1ccc(NCC(O)CN2CCN(CCCC(c3ccc(F)cc3)c3ccc(F)cc3)CC2)cc1. The normalized spacial score (nSPS) is 15.1. The van der Waals surface area contributed by atoms with E-state index in [-0.39, 0.29) is 35.6 Å². The van der Waals surface area contributed by atoms with Gasteiger partial charge in [0.1, 0.15) is 11.6 Å². The summed E-state index contributed by atoms with van der Waals surface area (Å²) in [4.78, 5) is 15.0. The van der Waals surface area contributed by atoms with E-state index in [0.29, 0.717) is 13.1 Å². The van der Waals surface area contributed by atoms with Crippen molar-refractivity contribution in [3.05, 3.63) is 106 Å². The topological polar surface area (TPSA) is 81.9 Å². The summed E-state index contributed by atoms with van der Waals surface area (Å²) in [5, 5.41) is 24.3. The predicted molar refractivity (Wildman–Crippen MR) is 152 cm³/mol. The summed E-state index contributed by atoms with van der Waals surface area (Å²) in [6.45, 7) is 5.44. The van der Waals surface area contributed by atoms with Crippen LogP contribution in [0.2, 0.25) is 0 Å². The average molecular weight is 561 g/mol. The van der Waals surface area contributed by atoms with Crippen molar-refractivity contribution in [3.63, 3.8) is 0 Å². The molecule has 1 fully saturated rings. The minimum Gasteiger partial charge on any atom is -0.390 e. The van der Waals surface area contributed by atoms with Gasteiger partial charge in [-0.15, -0.1) is 12.4 Å². The van der Waals surface area contributed by atoms with Crippen molar-refractivity contribution in [2.24, 2.45) is 0 Å². The summed E-state index contributed by atoms with van der Waals surface area (Å²) in [7, 11) is 0. The van der Waals surface area contributed by atoms with Gasteiger partial charge in [-0.05, 0) is 66.9 Å². The summed E-state index contributed by atoms with van der Waals surface area (Å²) in [5.41, 5.74) is 2.83. The van der Waals surface area contributed by atoms with Crippen molar-refractivity contribution in [1.82, 2.24) is 9.80 Å². The Morgan fingerprint density at radius 2 is 1.36 bits per heavy atom. The number of halogens is 3. The Balaban J connectivity index is 0.00000420. The molecule has 1 saturated heterocycles. The summed E-state index contributed by atoms with van der Waals surface area (Å²) in [6.07, 6.45) is 1.29. The molecule has 1 aliphatic heterocycles. The van der Waals surface area contributed by atoms with Crippen LogP contribution in [-0.4, -0.2) is 71.7 Å².